The van der Waals surface area contributed by atoms with Gasteiger partial charge in [0, 0.05) is 18.1 Å². The van der Waals surface area contributed by atoms with Gasteiger partial charge in [0.05, 0.1) is 10.6 Å². The third kappa shape index (κ3) is 1.85. The van der Waals surface area contributed by atoms with Gasteiger partial charge in [-0.05, 0) is 18.1 Å². The molecule has 5 heteroatoms. The molecule has 0 atom stereocenters. The Bertz CT molecular complexity index is 832. The van der Waals surface area contributed by atoms with Crippen LogP contribution in [0.3, 0.4) is 0 Å². The predicted octanol–water partition coefficient (Wildman–Crippen LogP) is 2.53. The van der Waals surface area contributed by atoms with Gasteiger partial charge in [0.25, 0.3) is 0 Å². The monoisotopic (exact) mass is 297 g/mol. The van der Waals surface area contributed by atoms with Crippen molar-refractivity contribution in [3.8, 4) is 0 Å². The van der Waals surface area contributed by atoms with E-state index in [1.54, 1.807) is 0 Å². The van der Waals surface area contributed by atoms with E-state index in [4.69, 9.17) is 4.74 Å². The maximum atomic E-state index is 12.6. The molecule has 0 saturated heterocycles. The zero-order valence-electron chi connectivity index (χ0n) is 11.3. The molecule has 2 aliphatic rings. The molecular formula is C16H11NO3S. The first-order valence-electron chi connectivity index (χ1n) is 6.64. The molecule has 1 aromatic heterocycles. The van der Waals surface area contributed by atoms with Crippen molar-refractivity contribution in [2.45, 2.75) is 13.3 Å². The summed E-state index contributed by atoms with van der Waals surface area (Å²) in [6.45, 7) is 2.07. The average molecular weight is 297 g/mol. The summed E-state index contributed by atoms with van der Waals surface area (Å²) in [4.78, 5) is 29.0. The molecule has 1 aliphatic heterocycles. The van der Waals surface area contributed by atoms with Crippen LogP contribution in [0, 0.1) is 6.92 Å². The van der Waals surface area contributed by atoms with Crippen LogP contribution in [-0.2, 0) is 16.0 Å². The van der Waals surface area contributed by atoms with Crippen LogP contribution in [0.5, 0.6) is 0 Å². The molecule has 4 rings (SSSR count). The zero-order valence-corrected chi connectivity index (χ0v) is 12.1. The molecule has 0 radical (unpaired) electrons. The van der Waals surface area contributed by atoms with Gasteiger partial charge in [-0.3, -0.25) is 9.59 Å². The molecule has 1 aliphatic carbocycles. The van der Waals surface area contributed by atoms with Crippen molar-refractivity contribution in [1.82, 2.24) is 4.98 Å². The van der Waals surface area contributed by atoms with Gasteiger partial charge in [-0.25, -0.2) is 4.98 Å². The Hall–Kier alpha value is -2.27. The van der Waals surface area contributed by atoms with Crippen LogP contribution in [0.25, 0.3) is 5.76 Å². The van der Waals surface area contributed by atoms with Crippen molar-refractivity contribution in [2.24, 2.45) is 0 Å². The summed E-state index contributed by atoms with van der Waals surface area (Å²) in [6.07, 6.45) is 2.11. The number of rotatable bonds is 1. The van der Waals surface area contributed by atoms with E-state index in [1.807, 2.05) is 25.1 Å². The summed E-state index contributed by atoms with van der Waals surface area (Å²) in [5, 5.41) is 0.615. The lowest BCUT2D eigenvalue weighted by molar-refractivity contribution is -0.115. The van der Waals surface area contributed by atoms with Gasteiger partial charge in [-0.15, -0.1) is 11.3 Å². The topological polar surface area (TPSA) is 56.3 Å². The standard InChI is InChI=1S/C16H11NO3S/c1-8-3-2-4-10-11(8)6-12-15(14(10)19)21-16(17-12)13-5-9(18)7-20-13/h2-5H,6-7H2,1H3. The van der Waals surface area contributed by atoms with Crippen LogP contribution in [-0.4, -0.2) is 23.2 Å². The minimum Gasteiger partial charge on any atom is -0.482 e. The Labute approximate surface area is 125 Å². The number of benzene rings is 1. The molecule has 2 aromatic rings. The van der Waals surface area contributed by atoms with Crippen molar-refractivity contribution in [1.29, 1.82) is 0 Å². The number of fused-ring (bicyclic) bond motifs is 2. The minimum absolute atomic E-state index is 0.0172. The average Bonchev–Trinajstić information content (AvgIpc) is 3.06. The molecule has 21 heavy (non-hydrogen) atoms. The smallest absolute Gasteiger partial charge is 0.205 e. The molecular weight excluding hydrogens is 286 g/mol. The lowest BCUT2D eigenvalue weighted by Crippen LogP contribution is -2.14. The predicted molar refractivity (Wildman–Crippen MR) is 78.5 cm³/mol. The van der Waals surface area contributed by atoms with E-state index in [9.17, 15) is 9.59 Å². The van der Waals surface area contributed by atoms with Crippen LogP contribution in [0.1, 0.15) is 37.1 Å². The van der Waals surface area contributed by atoms with E-state index in [-0.39, 0.29) is 18.2 Å². The Balaban J connectivity index is 1.82. The number of hydrogen-bond donors (Lipinski definition) is 0. The SMILES string of the molecule is Cc1cccc2c1Cc1nc(C3=CC(=O)CO3)sc1C2=O. The van der Waals surface area contributed by atoms with E-state index in [1.165, 1.54) is 17.4 Å². The fraction of sp³-hybridized carbons (Fsp3) is 0.188. The number of aromatic nitrogens is 1. The highest BCUT2D eigenvalue weighted by Crippen LogP contribution is 2.35. The molecule has 104 valence electrons. The Morgan fingerprint density at radius 1 is 1.29 bits per heavy atom. The second kappa shape index (κ2) is 4.36. The Morgan fingerprint density at radius 2 is 2.14 bits per heavy atom. The lowest BCUT2D eigenvalue weighted by atomic mass is 9.89. The first kappa shape index (κ1) is 12.5. The molecule has 2 heterocycles. The number of ketones is 2. The molecule has 4 nitrogen and oxygen atoms in total. The number of aryl methyl sites for hydroxylation is 1. The van der Waals surface area contributed by atoms with Crippen LogP contribution >= 0.6 is 11.3 Å². The molecule has 0 fully saturated rings. The summed E-state index contributed by atoms with van der Waals surface area (Å²) in [7, 11) is 0. The maximum absolute atomic E-state index is 12.6. The number of thiazole rings is 1. The van der Waals surface area contributed by atoms with Crippen LogP contribution in [0.4, 0.5) is 0 Å². The molecule has 0 N–H and O–H groups in total. The summed E-state index contributed by atoms with van der Waals surface area (Å²) >= 11 is 1.31. The van der Waals surface area contributed by atoms with Crippen molar-refractivity contribution in [3.05, 3.63) is 56.5 Å². The van der Waals surface area contributed by atoms with E-state index < -0.39 is 0 Å². The Kier molecular flexibility index (Phi) is 2.59. The second-order valence-electron chi connectivity index (χ2n) is 5.17. The highest BCUT2D eigenvalue weighted by molar-refractivity contribution is 7.15. The quantitative estimate of drug-likeness (QED) is 0.692. The van der Waals surface area contributed by atoms with Crippen LogP contribution < -0.4 is 0 Å². The van der Waals surface area contributed by atoms with Crippen LogP contribution in [0.15, 0.2) is 24.3 Å². The number of nitrogens with zero attached hydrogens (tertiary/aromatic N) is 1. The normalized spacial score (nSPS) is 16.3. The fourth-order valence-corrected chi connectivity index (χ4v) is 3.70. The van der Waals surface area contributed by atoms with E-state index in [2.05, 4.69) is 4.98 Å². The third-order valence-electron chi connectivity index (χ3n) is 3.78. The molecule has 1 aromatic carbocycles. The van der Waals surface area contributed by atoms with Crippen molar-refractivity contribution in [2.75, 3.05) is 6.61 Å². The second-order valence-corrected chi connectivity index (χ2v) is 6.16. The van der Waals surface area contributed by atoms with E-state index >= 15 is 0 Å². The molecule has 0 bridgehead atoms. The first-order chi connectivity index (χ1) is 10.1. The van der Waals surface area contributed by atoms with Gasteiger partial charge in [0.15, 0.2) is 23.2 Å². The van der Waals surface area contributed by atoms with Crippen molar-refractivity contribution in [3.63, 3.8) is 0 Å². The van der Waals surface area contributed by atoms with Gasteiger partial charge in [-0.2, -0.15) is 0 Å². The van der Waals surface area contributed by atoms with Gasteiger partial charge >= 0.3 is 0 Å². The molecule has 0 saturated carbocycles. The fourth-order valence-electron chi connectivity index (χ4n) is 2.70. The Morgan fingerprint density at radius 3 is 2.90 bits per heavy atom. The first-order valence-corrected chi connectivity index (χ1v) is 7.46. The molecule has 0 unspecified atom stereocenters. The highest BCUT2D eigenvalue weighted by Gasteiger charge is 2.30. The minimum atomic E-state index is -0.0661. The van der Waals surface area contributed by atoms with Crippen molar-refractivity contribution < 1.29 is 14.3 Å². The van der Waals surface area contributed by atoms with Crippen LogP contribution in [0.2, 0.25) is 0 Å². The number of carbonyl (C=O) groups excluding carboxylic acids is 2. The number of ether oxygens (including phenoxy) is 1. The zero-order chi connectivity index (χ0) is 14.6. The number of carbonyl (C=O) groups is 2. The maximum Gasteiger partial charge on any atom is 0.205 e. The molecule has 0 amide bonds. The van der Waals surface area contributed by atoms with E-state index in [0.717, 1.165) is 22.4 Å². The largest absolute Gasteiger partial charge is 0.482 e. The summed E-state index contributed by atoms with van der Waals surface area (Å²) in [5.74, 6) is 0.431. The highest BCUT2D eigenvalue weighted by atomic mass is 32.1. The number of hydrogen-bond acceptors (Lipinski definition) is 5. The van der Waals surface area contributed by atoms with Crippen molar-refractivity contribution >= 4 is 28.7 Å². The van der Waals surface area contributed by atoms with E-state index in [0.29, 0.717) is 22.1 Å². The van der Waals surface area contributed by atoms with Gasteiger partial charge in [0.1, 0.15) is 0 Å². The van der Waals surface area contributed by atoms with Gasteiger partial charge in [-0.1, -0.05) is 18.2 Å². The summed E-state index contributed by atoms with van der Waals surface area (Å²) < 4.78 is 5.31. The third-order valence-corrected chi connectivity index (χ3v) is 4.89. The van der Waals surface area contributed by atoms with Gasteiger partial charge in [0.2, 0.25) is 5.78 Å². The summed E-state index contributed by atoms with van der Waals surface area (Å²) in [5.41, 5.74) is 3.69. The summed E-state index contributed by atoms with van der Waals surface area (Å²) in [6, 6.07) is 5.77. The van der Waals surface area contributed by atoms with Gasteiger partial charge < -0.3 is 4.74 Å². The lowest BCUT2D eigenvalue weighted by Gasteiger charge is -2.15. The molecule has 0 spiro atoms.